The molecule has 4 aromatic rings. The topological polar surface area (TPSA) is 0 Å². The van der Waals surface area contributed by atoms with Crippen molar-refractivity contribution >= 4 is 20.2 Å². The fourth-order valence-electron chi connectivity index (χ4n) is 9.07. The van der Waals surface area contributed by atoms with Crippen LogP contribution in [0.15, 0.2) is 83.2 Å². The van der Waals surface area contributed by atoms with E-state index >= 15 is 0 Å². The van der Waals surface area contributed by atoms with Crippen LogP contribution in [0, 0.1) is 27.7 Å². The number of benzene rings is 4. The van der Waals surface area contributed by atoms with Gasteiger partial charge in [-0.05, 0) is 0 Å². The van der Waals surface area contributed by atoms with Crippen molar-refractivity contribution in [3.05, 3.63) is 128 Å². The van der Waals surface area contributed by atoms with E-state index in [1.54, 1.807) is 22.3 Å². The SMILES string of the molecule is CCCC[Si]1(C)C2=Cc3c(-c4cccc(C)c4C)cccc3[CH]2[Hf]([CH3])([CH3])[CH]2C1=Cc1c(-c3cccc(C)c3C)cccc12. The van der Waals surface area contributed by atoms with E-state index in [4.69, 9.17) is 0 Å². The molecule has 7 rings (SSSR count). The molecular formula is C41H46HfSi. The van der Waals surface area contributed by atoms with E-state index in [1.165, 1.54) is 63.4 Å². The second-order valence-corrected chi connectivity index (χ2v) is 36.0. The maximum absolute atomic E-state index is 3.05. The number of fused-ring (bicyclic) bond motifs is 6. The first-order valence-corrected chi connectivity index (χ1v) is 30.5. The van der Waals surface area contributed by atoms with Gasteiger partial charge in [-0.3, -0.25) is 0 Å². The van der Waals surface area contributed by atoms with Crippen LogP contribution in [0.3, 0.4) is 0 Å². The van der Waals surface area contributed by atoms with E-state index in [1.807, 2.05) is 10.4 Å². The Balaban J connectivity index is 1.47. The van der Waals surface area contributed by atoms with Crippen LogP contribution < -0.4 is 0 Å². The first-order chi connectivity index (χ1) is 20.6. The van der Waals surface area contributed by atoms with E-state index in [2.05, 4.69) is 135 Å². The Morgan fingerprint density at radius 3 is 1.47 bits per heavy atom. The van der Waals surface area contributed by atoms with Gasteiger partial charge < -0.3 is 0 Å². The van der Waals surface area contributed by atoms with Gasteiger partial charge in [-0.1, -0.05) is 0 Å². The first-order valence-electron chi connectivity index (χ1n) is 16.4. The van der Waals surface area contributed by atoms with E-state index in [9.17, 15) is 0 Å². The monoisotopic (exact) mass is 746 g/mol. The Bertz CT molecular complexity index is 1720. The van der Waals surface area contributed by atoms with Crippen molar-refractivity contribution in [2.45, 2.75) is 76.8 Å². The van der Waals surface area contributed by atoms with Crippen molar-refractivity contribution in [3.63, 3.8) is 0 Å². The third-order valence-corrected chi connectivity index (χ3v) is 33.7. The minimum absolute atomic E-state index is 0.679. The standard InChI is InChI=1S/C39H40Si.2CH3.Hf/c1-7-8-21-40(6,32-22-30-15-11-19-36(38(30)24-32)34-17-9-13-26(2)28(34)4)33-23-31-16-12-20-37(39(31)25-33)35-18-10-14-27(3)29(35)5;;;/h9-20,22-25H,7-8,21H2,1-6H3;2*1H3;. The van der Waals surface area contributed by atoms with Gasteiger partial charge in [0.05, 0.1) is 0 Å². The number of rotatable bonds is 5. The fourth-order valence-corrected chi connectivity index (χ4v) is 41.6. The summed E-state index contributed by atoms with van der Waals surface area (Å²) in [5, 5.41) is 3.76. The van der Waals surface area contributed by atoms with Crippen LogP contribution in [-0.4, -0.2) is 8.07 Å². The van der Waals surface area contributed by atoms with Gasteiger partial charge in [0, 0.05) is 0 Å². The zero-order valence-corrected chi connectivity index (χ0v) is 32.0. The van der Waals surface area contributed by atoms with Crippen molar-refractivity contribution < 1.29 is 20.0 Å². The van der Waals surface area contributed by atoms with Gasteiger partial charge in [0.2, 0.25) is 0 Å². The summed E-state index contributed by atoms with van der Waals surface area (Å²) in [6, 6.07) is 29.7. The van der Waals surface area contributed by atoms with Gasteiger partial charge >= 0.3 is 267 Å². The molecule has 0 bridgehead atoms. The second kappa shape index (κ2) is 10.5. The molecule has 43 heavy (non-hydrogen) atoms. The molecule has 218 valence electrons. The average molecular weight is 745 g/mol. The Hall–Kier alpha value is -2.55. The van der Waals surface area contributed by atoms with Crippen LogP contribution in [0.5, 0.6) is 0 Å². The normalized spacial score (nSPS) is 22.8. The molecule has 0 nitrogen and oxygen atoms in total. The van der Waals surface area contributed by atoms with Crippen molar-refractivity contribution in [2.24, 2.45) is 0 Å². The molecule has 1 fully saturated rings. The van der Waals surface area contributed by atoms with E-state index in [-0.39, 0.29) is 0 Å². The molecule has 0 amide bonds. The van der Waals surface area contributed by atoms with Crippen molar-refractivity contribution in [2.75, 3.05) is 0 Å². The zero-order chi connectivity index (χ0) is 30.3. The van der Waals surface area contributed by atoms with Crippen LogP contribution in [-0.2, 0) is 20.0 Å². The molecule has 2 aliphatic carbocycles. The van der Waals surface area contributed by atoms with Crippen molar-refractivity contribution in [3.8, 4) is 22.3 Å². The number of hydrogen-bond donors (Lipinski definition) is 0. The molecule has 0 saturated carbocycles. The van der Waals surface area contributed by atoms with Gasteiger partial charge in [0.25, 0.3) is 0 Å². The van der Waals surface area contributed by atoms with Gasteiger partial charge in [-0.2, -0.15) is 0 Å². The van der Waals surface area contributed by atoms with Crippen molar-refractivity contribution in [1.82, 2.24) is 0 Å². The molecule has 0 aromatic heterocycles. The Kier molecular flexibility index (Phi) is 7.14. The van der Waals surface area contributed by atoms with E-state index in [0.717, 1.165) is 0 Å². The van der Waals surface area contributed by atoms with E-state index in [0.29, 0.717) is 7.35 Å². The number of aryl methyl sites for hydroxylation is 2. The molecule has 3 aliphatic rings. The van der Waals surface area contributed by atoms with Gasteiger partial charge in [-0.25, -0.2) is 0 Å². The summed E-state index contributed by atoms with van der Waals surface area (Å²) in [7, 11) is -1.92. The Morgan fingerprint density at radius 1 is 0.605 bits per heavy atom. The quantitative estimate of drug-likeness (QED) is 0.179. The van der Waals surface area contributed by atoms with Crippen LogP contribution in [0.2, 0.25) is 22.0 Å². The summed E-state index contributed by atoms with van der Waals surface area (Å²) in [6.07, 6.45) is 8.11. The predicted molar refractivity (Wildman–Crippen MR) is 187 cm³/mol. The predicted octanol–water partition coefficient (Wildman–Crippen LogP) is 12.1. The molecule has 0 radical (unpaired) electrons. The second-order valence-electron chi connectivity index (χ2n) is 14.4. The number of hydrogen-bond acceptors (Lipinski definition) is 0. The first kappa shape index (κ1) is 29.2. The molecule has 0 spiro atoms. The van der Waals surface area contributed by atoms with Crippen LogP contribution in [0.1, 0.15) is 71.6 Å². The number of allylic oxidation sites excluding steroid dienone is 2. The van der Waals surface area contributed by atoms with Crippen molar-refractivity contribution in [1.29, 1.82) is 0 Å². The molecule has 1 saturated heterocycles. The summed E-state index contributed by atoms with van der Waals surface area (Å²) in [4.78, 5) is 0. The summed E-state index contributed by atoms with van der Waals surface area (Å²) in [5.74, 6) is 0. The molecule has 2 atom stereocenters. The van der Waals surface area contributed by atoms with Crippen LogP contribution in [0.4, 0.5) is 0 Å². The van der Waals surface area contributed by atoms with Gasteiger partial charge in [0.1, 0.15) is 0 Å². The Morgan fingerprint density at radius 2 is 1.02 bits per heavy atom. The summed E-state index contributed by atoms with van der Waals surface area (Å²) in [6.45, 7) is 14.3. The minimum atomic E-state index is -3.05. The molecule has 1 heterocycles. The fraction of sp³-hybridized carbons (Fsp3) is 0.317. The summed E-state index contributed by atoms with van der Waals surface area (Å²) in [5.41, 5.74) is 17.8. The maximum atomic E-state index is 2.80. The Labute approximate surface area is 265 Å². The summed E-state index contributed by atoms with van der Waals surface area (Å²) < 4.78 is 6.96. The van der Waals surface area contributed by atoms with Gasteiger partial charge in [0.15, 0.2) is 0 Å². The molecule has 0 N–H and O–H groups in total. The molecule has 2 heteroatoms. The summed E-state index contributed by atoms with van der Waals surface area (Å²) >= 11 is -3.05. The third kappa shape index (κ3) is 4.22. The molecule has 4 aromatic carbocycles. The molecular weight excluding hydrogens is 699 g/mol. The van der Waals surface area contributed by atoms with Crippen LogP contribution >= 0.6 is 0 Å². The number of unbranched alkanes of at least 4 members (excludes halogenated alkanes) is 1. The third-order valence-electron chi connectivity index (χ3n) is 11.7. The molecule has 2 unspecified atom stereocenters. The van der Waals surface area contributed by atoms with Crippen LogP contribution in [0.25, 0.3) is 34.4 Å². The van der Waals surface area contributed by atoms with E-state index < -0.39 is 28.0 Å². The average Bonchev–Trinajstić information content (AvgIpc) is 3.60. The van der Waals surface area contributed by atoms with Gasteiger partial charge in [-0.15, -0.1) is 0 Å². The molecule has 1 aliphatic heterocycles. The zero-order valence-electron chi connectivity index (χ0n) is 27.4.